The van der Waals surface area contributed by atoms with Gasteiger partial charge >= 0.3 is 0 Å². The van der Waals surface area contributed by atoms with Gasteiger partial charge in [-0.15, -0.1) is 11.3 Å². The summed E-state index contributed by atoms with van der Waals surface area (Å²) in [4.78, 5) is 18.5. The molecule has 3 N–H and O–H groups in total. The Balaban J connectivity index is 2.14. The fourth-order valence-corrected chi connectivity index (χ4v) is 4.86. The summed E-state index contributed by atoms with van der Waals surface area (Å²) in [5.41, 5.74) is 11.0. The minimum absolute atomic E-state index is 0.0347. The lowest BCUT2D eigenvalue weighted by atomic mass is 9.84. The van der Waals surface area contributed by atoms with Crippen LogP contribution in [0.3, 0.4) is 0 Å². The molecule has 0 bridgehead atoms. The predicted molar refractivity (Wildman–Crippen MR) is 112 cm³/mol. The Morgan fingerprint density at radius 3 is 2.81 bits per heavy atom. The average Bonchev–Trinajstić information content (AvgIpc) is 3.04. The Hall–Kier alpha value is -2.37. The van der Waals surface area contributed by atoms with E-state index in [1.165, 1.54) is 23.0 Å². The molecule has 2 heterocycles. The fraction of sp³-hybridized carbons (Fsp3) is 0.238. The van der Waals surface area contributed by atoms with Crippen molar-refractivity contribution in [1.82, 2.24) is 4.90 Å². The summed E-state index contributed by atoms with van der Waals surface area (Å²) in [5.74, 6) is -0.0318. The number of allylic oxidation sites excluding steroid dienone is 2. The molecule has 1 aliphatic rings. The molecular formula is C21H23ClN3OS+. The van der Waals surface area contributed by atoms with Crippen LogP contribution in [0.4, 0.5) is 0 Å². The molecule has 0 saturated heterocycles. The second-order valence-corrected chi connectivity index (χ2v) is 8.31. The standard InChI is InChI=1S/C21H22ClN3OS/c1-4-21(26)25-11-17(16-10-20(22)27-19(16)12-25)14-7-5-6-8-15(14)18(24-3)9-13(2)23/h4-10,17H,1,11-12,23H2,2-3H3/p+1/b13-9-,24-18?/t17-/m0/s1. The second-order valence-electron chi connectivity index (χ2n) is 6.54. The Kier molecular flexibility index (Phi) is 5.82. The third-order valence-electron chi connectivity index (χ3n) is 4.68. The smallest absolute Gasteiger partial charge is 0.246 e. The van der Waals surface area contributed by atoms with Crippen LogP contribution in [-0.2, 0) is 11.3 Å². The van der Waals surface area contributed by atoms with Gasteiger partial charge in [-0.1, -0.05) is 36.4 Å². The van der Waals surface area contributed by atoms with E-state index in [2.05, 4.69) is 23.7 Å². The zero-order valence-corrected chi connectivity index (χ0v) is 17.0. The molecule has 0 unspecified atom stereocenters. The second kappa shape index (κ2) is 8.11. The van der Waals surface area contributed by atoms with Gasteiger partial charge in [0.05, 0.1) is 10.9 Å². The van der Waals surface area contributed by atoms with Gasteiger partial charge in [-0.2, -0.15) is 0 Å². The van der Waals surface area contributed by atoms with Gasteiger partial charge < -0.3 is 10.6 Å². The number of benzene rings is 1. The highest BCUT2D eigenvalue weighted by atomic mass is 35.5. The zero-order chi connectivity index (χ0) is 19.6. The van der Waals surface area contributed by atoms with Crippen LogP contribution in [0, 0.1) is 0 Å². The first-order valence-corrected chi connectivity index (χ1v) is 9.91. The summed E-state index contributed by atoms with van der Waals surface area (Å²) in [6.45, 7) is 6.66. The number of nitrogens with two attached hydrogens (primary N) is 1. The molecule has 0 fully saturated rings. The highest BCUT2D eigenvalue weighted by molar-refractivity contribution is 7.16. The van der Waals surface area contributed by atoms with E-state index in [9.17, 15) is 4.79 Å². The largest absolute Gasteiger partial charge is 0.402 e. The third-order valence-corrected chi connectivity index (χ3v) is 5.94. The van der Waals surface area contributed by atoms with Gasteiger partial charge in [-0.3, -0.25) is 4.79 Å². The molecule has 1 aromatic heterocycles. The summed E-state index contributed by atoms with van der Waals surface area (Å²) in [5, 5.41) is 0. The molecule has 2 aromatic rings. The van der Waals surface area contributed by atoms with E-state index < -0.39 is 0 Å². The summed E-state index contributed by atoms with van der Waals surface area (Å²) in [6.07, 6.45) is 3.30. The average molecular weight is 401 g/mol. The first kappa shape index (κ1) is 19.4. The number of hydrogen-bond acceptors (Lipinski definition) is 3. The number of nitrogens with one attached hydrogen (secondary N) is 1. The van der Waals surface area contributed by atoms with Gasteiger partial charge in [-0.05, 0) is 36.3 Å². The number of rotatable bonds is 4. The Morgan fingerprint density at radius 1 is 1.41 bits per heavy atom. The van der Waals surface area contributed by atoms with E-state index in [0.29, 0.717) is 13.1 Å². The number of nitrogens with zero attached hydrogens (tertiary/aromatic N) is 1. The minimum atomic E-state index is -0.0665. The molecule has 0 radical (unpaired) electrons. The molecule has 4 nitrogen and oxygen atoms in total. The zero-order valence-electron chi connectivity index (χ0n) is 15.5. The number of halogens is 1. The van der Waals surface area contributed by atoms with Crippen molar-refractivity contribution in [3.05, 3.63) is 80.7 Å². The topological polar surface area (TPSA) is 60.3 Å². The van der Waals surface area contributed by atoms with Crippen LogP contribution in [0.2, 0.25) is 4.34 Å². The van der Waals surface area contributed by atoms with E-state index in [0.717, 1.165) is 31.7 Å². The van der Waals surface area contributed by atoms with E-state index in [1.807, 2.05) is 43.1 Å². The molecule has 0 spiro atoms. The number of hydrogen-bond donors (Lipinski definition) is 2. The van der Waals surface area contributed by atoms with Crippen LogP contribution in [0.25, 0.3) is 0 Å². The Morgan fingerprint density at radius 2 is 2.15 bits per heavy atom. The van der Waals surface area contributed by atoms with Gasteiger partial charge in [0.2, 0.25) is 11.6 Å². The van der Waals surface area contributed by atoms with Crippen molar-refractivity contribution >= 4 is 34.6 Å². The molecule has 140 valence electrons. The van der Waals surface area contributed by atoms with E-state index in [-0.39, 0.29) is 11.8 Å². The molecule has 3 rings (SSSR count). The van der Waals surface area contributed by atoms with Gasteiger partial charge in [0.1, 0.15) is 7.05 Å². The van der Waals surface area contributed by atoms with Crippen LogP contribution >= 0.6 is 22.9 Å². The molecule has 27 heavy (non-hydrogen) atoms. The number of carbonyl (C=O) groups excluding carboxylic acids is 1. The fourth-order valence-electron chi connectivity index (χ4n) is 3.51. The number of fused-ring (bicyclic) bond motifs is 1. The highest BCUT2D eigenvalue weighted by Gasteiger charge is 2.32. The van der Waals surface area contributed by atoms with Gasteiger partial charge in [0, 0.05) is 34.7 Å². The molecule has 1 amide bonds. The van der Waals surface area contributed by atoms with Gasteiger partial charge in [0.25, 0.3) is 0 Å². The van der Waals surface area contributed by atoms with Crippen molar-refractivity contribution < 1.29 is 9.79 Å². The van der Waals surface area contributed by atoms with Crippen molar-refractivity contribution in [1.29, 1.82) is 0 Å². The molecule has 0 aliphatic carbocycles. The van der Waals surface area contributed by atoms with Crippen LogP contribution in [-0.4, -0.2) is 30.1 Å². The third kappa shape index (κ3) is 3.99. The lowest BCUT2D eigenvalue weighted by Gasteiger charge is -2.33. The maximum Gasteiger partial charge on any atom is 0.246 e. The van der Waals surface area contributed by atoms with Crippen LogP contribution in [0.15, 0.2) is 54.8 Å². The van der Waals surface area contributed by atoms with Crippen LogP contribution in [0.1, 0.15) is 34.4 Å². The molecule has 1 aliphatic heterocycles. The van der Waals surface area contributed by atoms with Gasteiger partial charge in [-0.25, -0.2) is 4.99 Å². The number of thiophene rings is 1. The van der Waals surface area contributed by atoms with Gasteiger partial charge in [0.15, 0.2) is 0 Å². The monoisotopic (exact) mass is 400 g/mol. The quantitative estimate of drug-likeness (QED) is 0.611. The van der Waals surface area contributed by atoms with Crippen LogP contribution in [0.5, 0.6) is 0 Å². The number of carbonyl (C=O) groups is 1. The molecule has 6 heteroatoms. The summed E-state index contributed by atoms with van der Waals surface area (Å²) in [7, 11) is 1.88. The summed E-state index contributed by atoms with van der Waals surface area (Å²) in [6, 6.07) is 10.2. The lowest BCUT2D eigenvalue weighted by molar-refractivity contribution is -0.418. The van der Waals surface area contributed by atoms with Crippen molar-refractivity contribution in [2.45, 2.75) is 19.4 Å². The summed E-state index contributed by atoms with van der Waals surface area (Å²) >= 11 is 7.85. The normalized spacial score (nSPS) is 17.6. The molecular weight excluding hydrogens is 378 g/mol. The highest BCUT2D eigenvalue weighted by Crippen LogP contribution is 2.41. The molecule has 1 aromatic carbocycles. The van der Waals surface area contributed by atoms with E-state index in [1.54, 1.807) is 0 Å². The van der Waals surface area contributed by atoms with Crippen molar-refractivity contribution in [2.75, 3.05) is 13.6 Å². The maximum atomic E-state index is 12.3. The minimum Gasteiger partial charge on any atom is -0.402 e. The van der Waals surface area contributed by atoms with E-state index in [4.69, 9.17) is 17.3 Å². The Labute approximate surface area is 168 Å². The predicted octanol–water partition coefficient (Wildman–Crippen LogP) is 2.42. The molecule has 1 atom stereocenters. The van der Waals surface area contributed by atoms with Crippen LogP contribution < -0.4 is 10.7 Å². The first-order chi connectivity index (χ1) is 12.9. The molecule has 0 saturated carbocycles. The first-order valence-electron chi connectivity index (χ1n) is 8.71. The van der Waals surface area contributed by atoms with Crippen molar-refractivity contribution in [3.63, 3.8) is 0 Å². The SMILES string of the molecule is C=CC(=O)N1Cc2sc(Cl)cc2[C@H](c2ccccc2C(/C=C(/C)N)=[NH+]C)C1. The lowest BCUT2D eigenvalue weighted by Crippen LogP contribution is -2.68. The van der Waals surface area contributed by atoms with E-state index >= 15 is 0 Å². The van der Waals surface area contributed by atoms with Crippen molar-refractivity contribution in [2.24, 2.45) is 5.73 Å². The Bertz CT molecular complexity index is 941. The number of amides is 1. The van der Waals surface area contributed by atoms with Crippen molar-refractivity contribution in [3.8, 4) is 0 Å². The maximum absolute atomic E-state index is 12.3. The summed E-state index contributed by atoms with van der Waals surface area (Å²) < 4.78 is 0.742.